The molecule has 1 saturated heterocycles. The highest BCUT2D eigenvalue weighted by Crippen LogP contribution is 2.33. The van der Waals surface area contributed by atoms with Gasteiger partial charge in [-0.1, -0.05) is 0 Å². The molecule has 136 valence electrons. The number of rotatable bonds is 3. The molecule has 1 atom stereocenters. The molecule has 0 radical (unpaired) electrons. The number of methoxy groups -OCH3 is 2. The van der Waals surface area contributed by atoms with E-state index in [1.54, 1.807) is 19.1 Å². The lowest BCUT2D eigenvalue weighted by Crippen LogP contribution is -2.51. The number of ether oxygens (including phenoxy) is 2. The zero-order chi connectivity index (χ0) is 17.8. The summed E-state index contributed by atoms with van der Waals surface area (Å²) < 4.78 is 10.7. The van der Waals surface area contributed by atoms with Crippen molar-refractivity contribution in [2.75, 3.05) is 27.3 Å². The van der Waals surface area contributed by atoms with Crippen LogP contribution in [0.3, 0.4) is 0 Å². The van der Waals surface area contributed by atoms with Gasteiger partial charge in [-0.05, 0) is 48.9 Å². The third kappa shape index (κ3) is 3.81. The van der Waals surface area contributed by atoms with Gasteiger partial charge in [0.05, 0.1) is 14.2 Å². The van der Waals surface area contributed by atoms with E-state index in [1.165, 1.54) is 0 Å². The monoisotopic (exact) mass is 347 g/mol. The Bertz CT molecular complexity index is 662. The van der Waals surface area contributed by atoms with E-state index >= 15 is 0 Å². The minimum atomic E-state index is -0.443. The second-order valence-electron chi connectivity index (χ2n) is 6.44. The quantitative estimate of drug-likeness (QED) is 0.867. The van der Waals surface area contributed by atoms with Crippen molar-refractivity contribution in [3.63, 3.8) is 0 Å². The number of urea groups is 1. The number of nitrogens with zero attached hydrogens (tertiary/aromatic N) is 1. The van der Waals surface area contributed by atoms with Crippen LogP contribution in [0.2, 0.25) is 0 Å². The molecule has 25 heavy (non-hydrogen) atoms. The number of fused-ring (bicyclic) bond motifs is 1. The maximum atomic E-state index is 12.6. The van der Waals surface area contributed by atoms with Gasteiger partial charge in [0.2, 0.25) is 5.91 Å². The first-order chi connectivity index (χ1) is 12.1. The van der Waals surface area contributed by atoms with Crippen molar-refractivity contribution in [2.45, 2.75) is 38.3 Å². The van der Waals surface area contributed by atoms with Crippen molar-refractivity contribution in [3.05, 3.63) is 23.3 Å². The van der Waals surface area contributed by atoms with Crippen molar-refractivity contribution in [2.24, 2.45) is 0 Å². The Morgan fingerprint density at radius 3 is 2.64 bits per heavy atom. The molecule has 1 fully saturated rings. The average Bonchev–Trinajstić information content (AvgIpc) is 2.84. The predicted octanol–water partition coefficient (Wildman–Crippen LogP) is 1.44. The van der Waals surface area contributed by atoms with E-state index in [4.69, 9.17) is 9.47 Å². The summed E-state index contributed by atoms with van der Waals surface area (Å²) in [6, 6.07) is 3.26. The van der Waals surface area contributed by atoms with Gasteiger partial charge in [0.1, 0.15) is 6.04 Å². The van der Waals surface area contributed by atoms with Crippen molar-refractivity contribution in [3.8, 4) is 11.5 Å². The molecule has 3 amide bonds. The SMILES string of the molecule is COc1cc2c(cc1OC)CN(C(=O)N[C@@H]1CCCCNC1=O)CC2. The highest BCUT2D eigenvalue weighted by Gasteiger charge is 2.27. The molecular formula is C18H25N3O4. The number of carbonyl (C=O) groups excluding carboxylic acids is 2. The van der Waals surface area contributed by atoms with Crippen LogP contribution in [-0.2, 0) is 17.8 Å². The summed E-state index contributed by atoms with van der Waals surface area (Å²) in [5, 5.41) is 5.72. The fourth-order valence-electron chi connectivity index (χ4n) is 3.37. The van der Waals surface area contributed by atoms with Crippen LogP contribution in [-0.4, -0.2) is 50.2 Å². The molecule has 1 aromatic carbocycles. The highest BCUT2D eigenvalue weighted by atomic mass is 16.5. The zero-order valence-electron chi connectivity index (χ0n) is 14.8. The van der Waals surface area contributed by atoms with Gasteiger partial charge in [0, 0.05) is 19.6 Å². The van der Waals surface area contributed by atoms with Gasteiger partial charge >= 0.3 is 6.03 Å². The van der Waals surface area contributed by atoms with Gasteiger partial charge in [0.25, 0.3) is 0 Å². The van der Waals surface area contributed by atoms with Gasteiger partial charge in [-0.2, -0.15) is 0 Å². The summed E-state index contributed by atoms with van der Waals surface area (Å²) in [6.45, 7) is 1.79. The average molecular weight is 347 g/mol. The Balaban J connectivity index is 1.69. The molecule has 3 rings (SSSR count). The normalized spacial score (nSPS) is 20.2. The molecule has 0 saturated carbocycles. The summed E-state index contributed by atoms with van der Waals surface area (Å²) in [5.41, 5.74) is 2.21. The predicted molar refractivity (Wildman–Crippen MR) is 92.8 cm³/mol. The van der Waals surface area contributed by atoms with E-state index < -0.39 is 6.04 Å². The molecular weight excluding hydrogens is 322 g/mol. The molecule has 2 N–H and O–H groups in total. The molecule has 7 nitrogen and oxygen atoms in total. The van der Waals surface area contributed by atoms with Crippen LogP contribution in [0.4, 0.5) is 4.79 Å². The minimum Gasteiger partial charge on any atom is -0.493 e. The van der Waals surface area contributed by atoms with Crippen molar-refractivity contribution in [1.82, 2.24) is 15.5 Å². The van der Waals surface area contributed by atoms with E-state index in [2.05, 4.69) is 10.6 Å². The lowest BCUT2D eigenvalue weighted by Gasteiger charge is -2.31. The Kier molecular flexibility index (Phi) is 5.31. The molecule has 2 heterocycles. The molecule has 1 aromatic rings. The lowest BCUT2D eigenvalue weighted by molar-refractivity contribution is -0.122. The van der Waals surface area contributed by atoms with Crippen LogP contribution < -0.4 is 20.1 Å². The number of benzene rings is 1. The van der Waals surface area contributed by atoms with Crippen LogP contribution >= 0.6 is 0 Å². The maximum absolute atomic E-state index is 12.6. The third-order valence-electron chi connectivity index (χ3n) is 4.84. The Labute approximate surface area is 147 Å². The van der Waals surface area contributed by atoms with Crippen molar-refractivity contribution >= 4 is 11.9 Å². The van der Waals surface area contributed by atoms with E-state index in [1.807, 2.05) is 12.1 Å². The second-order valence-corrected chi connectivity index (χ2v) is 6.44. The Morgan fingerprint density at radius 1 is 1.20 bits per heavy atom. The van der Waals surface area contributed by atoms with Gasteiger partial charge < -0.3 is 25.0 Å². The van der Waals surface area contributed by atoms with E-state index in [0.717, 1.165) is 30.4 Å². The summed E-state index contributed by atoms with van der Waals surface area (Å²) in [4.78, 5) is 26.3. The first-order valence-corrected chi connectivity index (χ1v) is 8.69. The molecule has 2 aliphatic heterocycles. The zero-order valence-corrected chi connectivity index (χ0v) is 14.8. The fourth-order valence-corrected chi connectivity index (χ4v) is 3.37. The summed E-state index contributed by atoms with van der Waals surface area (Å²) in [5.74, 6) is 1.27. The lowest BCUT2D eigenvalue weighted by atomic mass is 9.99. The maximum Gasteiger partial charge on any atom is 0.318 e. The van der Waals surface area contributed by atoms with Crippen molar-refractivity contribution in [1.29, 1.82) is 0 Å². The summed E-state index contributed by atoms with van der Waals surface area (Å²) in [6.07, 6.45) is 3.33. The number of amides is 3. The Hall–Kier alpha value is -2.44. The van der Waals surface area contributed by atoms with Crippen LogP contribution in [0, 0.1) is 0 Å². The van der Waals surface area contributed by atoms with Crippen LogP contribution in [0.25, 0.3) is 0 Å². The van der Waals surface area contributed by atoms with Crippen LogP contribution in [0.5, 0.6) is 11.5 Å². The molecule has 7 heteroatoms. The molecule has 2 aliphatic rings. The fraction of sp³-hybridized carbons (Fsp3) is 0.556. The van der Waals surface area contributed by atoms with Gasteiger partial charge in [-0.15, -0.1) is 0 Å². The first-order valence-electron chi connectivity index (χ1n) is 8.69. The van der Waals surface area contributed by atoms with Crippen LogP contribution in [0.15, 0.2) is 12.1 Å². The summed E-state index contributed by atoms with van der Waals surface area (Å²) in [7, 11) is 3.22. The van der Waals surface area contributed by atoms with E-state index in [9.17, 15) is 9.59 Å². The minimum absolute atomic E-state index is 0.0883. The van der Waals surface area contributed by atoms with E-state index in [-0.39, 0.29) is 11.9 Å². The number of hydrogen-bond acceptors (Lipinski definition) is 4. The second kappa shape index (κ2) is 7.63. The topological polar surface area (TPSA) is 79.9 Å². The molecule has 0 spiro atoms. The molecule has 0 aromatic heterocycles. The summed E-state index contributed by atoms with van der Waals surface area (Å²) >= 11 is 0. The first kappa shape index (κ1) is 17.4. The van der Waals surface area contributed by atoms with Gasteiger partial charge in [0.15, 0.2) is 11.5 Å². The molecule has 0 bridgehead atoms. The molecule has 0 aliphatic carbocycles. The van der Waals surface area contributed by atoms with Gasteiger partial charge in [-0.3, -0.25) is 4.79 Å². The van der Waals surface area contributed by atoms with Crippen molar-refractivity contribution < 1.29 is 19.1 Å². The number of carbonyl (C=O) groups is 2. The van der Waals surface area contributed by atoms with E-state index in [0.29, 0.717) is 37.6 Å². The standard InChI is InChI=1S/C18H25N3O4/c1-24-15-9-12-6-8-21(11-13(12)10-16(15)25-2)18(23)20-14-5-3-4-7-19-17(14)22/h9-10,14H,3-8,11H2,1-2H3,(H,19,22)(H,20,23)/t14-/m1/s1. The largest absolute Gasteiger partial charge is 0.493 e. The van der Waals surface area contributed by atoms with Gasteiger partial charge in [-0.25, -0.2) is 4.79 Å². The highest BCUT2D eigenvalue weighted by molar-refractivity contribution is 5.87. The Morgan fingerprint density at radius 2 is 1.92 bits per heavy atom. The number of hydrogen-bond donors (Lipinski definition) is 2. The number of nitrogens with one attached hydrogen (secondary N) is 2. The third-order valence-corrected chi connectivity index (χ3v) is 4.84. The smallest absolute Gasteiger partial charge is 0.318 e. The molecule has 0 unspecified atom stereocenters. The van der Waals surface area contributed by atoms with Crippen LogP contribution in [0.1, 0.15) is 30.4 Å².